The van der Waals surface area contributed by atoms with E-state index in [1.807, 2.05) is 0 Å². The van der Waals surface area contributed by atoms with Crippen LogP contribution >= 0.6 is 23.4 Å². The van der Waals surface area contributed by atoms with Gasteiger partial charge in [-0.05, 0) is 33.3 Å². The second kappa shape index (κ2) is 12.3. The predicted octanol–water partition coefficient (Wildman–Crippen LogP) is 7.33. The molecule has 0 saturated carbocycles. The molecule has 0 aliphatic rings. The lowest BCUT2D eigenvalue weighted by Gasteiger charge is -2.11. The summed E-state index contributed by atoms with van der Waals surface area (Å²) in [6, 6.07) is 20.8. The van der Waals surface area contributed by atoms with E-state index in [0.29, 0.717) is 6.54 Å². The van der Waals surface area contributed by atoms with Gasteiger partial charge < -0.3 is 9.88 Å². The van der Waals surface area contributed by atoms with Crippen molar-refractivity contribution in [3.8, 4) is 22.5 Å². The average molecular weight is 549 g/mol. The van der Waals surface area contributed by atoms with Gasteiger partial charge in [0.15, 0.2) is 5.16 Å². The fraction of sp³-hybridized carbons (Fsp3) is 0.241. The third-order valence-corrected chi connectivity index (χ3v) is 7.52. The van der Waals surface area contributed by atoms with Crippen molar-refractivity contribution in [3.63, 3.8) is 0 Å². The molecular formula is C29H29ClN4O3S. The number of aryl methyl sites for hydroxylation is 2. The quantitative estimate of drug-likeness (QED) is 0.0969. The second-order valence-corrected chi connectivity index (χ2v) is 10.4. The standard InChI is InChI=1S/C29H29ClN4O3S/c1-4-33-27(22-12-8-20(3)9-13-22)26(21-10-6-19(2)7-11-21)32-29(33)38-17-5-16-31-28(35)24-15-14-23(34(36)37)18-25(24)30/h6-15,18H,4-5,16-17H2,1-3H3,(H,31,35). The molecule has 1 amide bonds. The molecule has 7 nitrogen and oxygen atoms in total. The van der Waals surface area contributed by atoms with Crippen LogP contribution in [-0.2, 0) is 6.54 Å². The van der Waals surface area contributed by atoms with Gasteiger partial charge in [-0.3, -0.25) is 14.9 Å². The molecule has 0 fully saturated rings. The van der Waals surface area contributed by atoms with Gasteiger partial charge in [-0.1, -0.05) is 83.0 Å². The molecule has 3 aromatic carbocycles. The Bertz CT molecular complexity index is 1450. The smallest absolute Gasteiger partial charge is 0.270 e. The van der Waals surface area contributed by atoms with Gasteiger partial charge in [0, 0.05) is 42.1 Å². The van der Waals surface area contributed by atoms with Crippen LogP contribution in [0.15, 0.2) is 71.9 Å². The first kappa shape index (κ1) is 27.4. The molecule has 0 aliphatic carbocycles. The van der Waals surface area contributed by atoms with Crippen molar-refractivity contribution in [2.45, 2.75) is 38.9 Å². The van der Waals surface area contributed by atoms with Gasteiger partial charge >= 0.3 is 0 Å². The number of imidazole rings is 1. The summed E-state index contributed by atoms with van der Waals surface area (Å²) in [4.78, 5) is 27.9. The number of carbonyl (C=O) groups is 1. The third-order valence-electron chi connectivity index (χ3n) is 6.14. The summed E-state index contributed by atoms with van der Waals surface area (Å²) in [5.41, 5.74) is 6.74. The zero-order valence-corrected chi connectivity index (χ0v) is 23.1. The molecule has 196 valence electrons. The summed E-state index contributed by atoms with van der Waals surface area (Å²) in [6.07, 6.45) is 0.720. The van der Waals surface area contributed by atoms with Crippen molar-refractivity contribution < 1.29 is 9.72 Å². The van der Waals surface area contributed by atoms with E-state index in [4.69, 9.17) is 16.6 Å². The van der Waals surface area contributed by atoms with Crippen LogP contribution in [0.1, 0.15) is 34.8 Å². The third kappa shape index (κ3) is 6.26. The molecule has 4 aromatic rings. The fourth-order valence-electron chi connectivity index (χ4n) is 4.09. The van der Waals surface area contributed by atoms with E-state index in [1.165, 1.54) is 29.3 Å². The van der Waals surface area contributed by atoms with Crippen molar-refractivity contribution in [3.05, 3.63) is 98.6 Å². The molecule has 0 radical (unpaired) electrons. The fourth-order valence-corrected chi connectivity index (χ4v) is 5.35. The van der Waals surface area contributed by atoms with Crippen molar-refractivity contribution in [2.75, 3.05) is 12.3 Å². The number of benzene rings is 3. The first-order valence-corrected chi connectivity index (χ1v) is 13.7. The van der Waals surface area contributed by atoms with E-state index in [1.54, 1.807) is 11.8 Å². The van der Waals surface area contributed by atoms with E-state index in [-0.39, 0.29) is 22.2 Å². The Morgan fingerprint density at radius 2 is 1.66 bits per heavy atom. The molecule has 1 aromatic heterocycles. The van der Waals surface area contributed by atoms with Crippen molar-refractivity contribution in [2.24, 2.45) is 0 Å². The molecule has 1 heterocycles. The van der Waals surface area contributed by atoms with E-state index in [9.17, 15) is 14.9 Å². The number of non-ortho nitro benzene ring substituents is 1. The molecular weight excluding hydrogens is 520 g/mol. The number of nitrogens with one attached hydrogen (secondary N) is 1. The Hall–Kier alpha value is -3.62. The highest BCUT2D eigenvalue weighted by Gasteiger charge is 2.20. The summed E-state index contributed by atoms with van der Waals surface area (Å²) in [5.74, 6) is 0.402. The molecule has 38 heavy (non-hydrogen) atoms. The highest BCUT2D eigenvalue weighted by Crippen LogP contribution is 2.36. The first-order valence-electron chi connectivity index (χ1n) is 12.4. The molecule has 9 heteroatoms. The minimum atomic E-state index is -0.542. The van der Waals surface area contributed by atoms with Gasteiger partial charge in [0.2, 0.25) is 0 Å². The predicted molar refractivity (Wildman–Crippen MR) is 154 cm³/mol. The first-order chi connectivity index (χ1) is 18.3. The van der Waals surface area contributed by atoms with Gasteiger partial charge in [-0.2, -0.15) is 0 Å². The Kier molecular flexibility index (Phi) is 8.86. The number of aromatic nitrogens is 2. The molecule has 0 spiro atoms. The van der Waals surface area contributed by atoms with E-state index < -0.39 is 4.92 Å². The largest absolute Gasteiger partial charge is 0.352 e. The number of nitro groups is 1. The van der Waals surface area contributed by atoms with Crippen LogP contribution in [0.3, 0.4) is 0 Å². The number of nitro benzene ring substituents is 1. The average Bonchev–Trinajstić information content (AvgIpc) is 3.27. The number of nitrogens with zero attached hydrogens (tertiary/aromatic N) is 3. The molecule has 1 N–H and O–H groups in total. The van der Waals surface area contributed by atoms with Gasteiger partial charge in [-0.15, -0.1) is 0 Å². The summed E-state index contributed by atoms with van der Waals surface area (Å²) >= 11 is 7.73. The van der Waals surface area contributed by atoms with Crippen molar-refractivity contribution in [1.29, 1.82) is 0 Å². The van der Waals surface area contributed by atoms with Crippen LogP contribution < -0.4 is 5.32 Å². The topological polar surface area (TPSA) is 90.1 Å². The summed E-state index contributed by atoms with van der Waals surface area (Å²) in [6.45, 7) is 7.50. The lowest BCUT2D eigenvalue weighted by atomic mass is 10.0. The summed E-state index contributed by atoms with van der Waals surface area (Å²) in [7, 11) is 0. The zero-order chi connectivity index (χ0) is 27.2. The van der Waals surface area contributed by atoms with E-state index in [2.05, 4.69) is 79.2 Å². The van der Waals surface area contributed by atoms with Gasteiger partial charge in [0.25, 0.3) is 11.6 Å². The number of hydrogen-bond donors (Lipinski definition) is 1. The van der Waals surface area contributed by atoms with E-state index >= 15 is 0 Å². The second-order valence-electron chi connectivity index (χ2n) is 8.95. The number of amides is 1. The van der Waals surface area contributed by atoms with Crippen molar-refractivity contribution >= 4 is 35.0 Å². The van der Waals surface area contributed by atoms with Crippen LogP contribution in [0, 0.1) is 24.0 Å². The normalized spacial score (nSPS) is 10.9. The van der Waals surface area contributed by atoms with Gasteiger partial charge in [0.1, 0.15) is 0 Å². The maximum absolute atomic E-state index is 12.5. The highest BCUT2D eigenvalue weighted by molar-refractivity contribution is 7.99. The Labute approximate surface area is 231 Å². The van der Waals surface area contributed by atoms with Crippen LogP contribution in [-0.4, -0.2) is 32.7 Å². The molecule has 0 atom stereocenters. The Morgan fingerprint density at radius 1 is 1.03 bits per heavy atom. The molecule has 0 unspecified atom stereocenters. The molecule has 0 aliphatic heterocycles. The monoisotopic (exact) mass is 548 g/mol. The highest BCUT2D eigenvalue weighted by atomic mass is 35.5. The van der Waals surface area contributed by atoms with Gasteiger partial charge in [0.05, 0.1) is 26.9 Å². The minimum absolute atomic E-state index is 0.0586. The Balaban J connectivity index is 1.47. The lowest BCUT2D eigenvalue weighted by molar-refractivity contribution is -0.384. The number of hydrogen-bond acceptors (Lipinski definition) is 5. The van der Waals surface area contributed by atoms with E-state index in [0.717, 1.165) is 46.4 Å². The maximum Gasteiger partial charge on any atom is 0.270 e. The van der Waals surface area contributed by atoms with Crippen LogP contribution in [0.5, 0.6) is 0 Å². The number of thioether (sulfide) groups is 1. The summed E-state index contributed by atoms with van der Waals surface area (Å²) < 4.78 is 2.25. The Morgan fingerprint density at radius 3 is 2.24 bits per heavy atom. The van der Waals surface area contributed by atoms with Gasteiger partial charge in [-0.25, -0.2) is 4.98 Å². The number of rotatable bonds is 10. The number of carbonyl (C=O) groups excluding carboxylic acids is 1. The molecule has 4 rings (SSSR count). The molecule has 0 bridgehead atoms. The summed E-state index contributed by atoms with van der Waals surface area (Å²) in [5, 5.41) is 14.7. The maximum atomic E-state index is 12.5. The van der Waals surface area contributed by atoms with Crippen LogP contribution in [0.25, 0.3) is 22.5 Å². The lowest BCUT2D eigenvalue weighted by Crippen LogP contribution is -2.25. The molecule has 0 saturated heterocycles. The minimum Gasteiger partial charge on any atom is -0.352 e. The number of halogens is 1. The SMILES string of the molecule is CCn1c(SCCCNC(=O)c2ccc([N+](=O)[O-])cc2Cl)nc(-c2ccc(C)cc2)c1-c1ccc(C)cc1. The zero-order valence-electron chi connectivity index (χ0n) is 21.5. The van der Waals surface area contributed by atoms with Crippen LogP contribution in [0.4, 0.5) is 5.69 Å². The van der Waals surface area contributed by atoms with Crippen molar-refractivity contribution in [1.82, 2.24) is 14.9 Å². The van der Waals surface area contributed by atoms with Crippen LogP contribution in [0.2, 0.25) is 5.02 Å².